The van der Waals surface area contributed by atoms with Gasteiger partial charge < -0.3 is 4.90 Å². The normalized spacial score (nSPS) is 13.3. The van der Waals surface area contributed by atoms with E-state index in [1.54, 1.807) is 10.4 Å². The molecule has 0 radical (unpaired) electrons. The maximum Gasteiger partial charge on any atom is 0.120 e. The number of para-hydroxylation sites is 1. The van der Waals surface area contributed by atoms with Crippen molar-refractivity contribution in [3.8, 4) is 33.4 Å². The molecule has 0 unspecified atom stereocenters. The molecule has 0 N–H and O–H groups in total. The maximum atomic E-state index is 2.60. The molecule has 0 saturated carbocycles. The Bertz CT molecular complexity index is 3310. The molecule has 1 aliphatic heterocycles. The van der Waals surface area contributed by atoms with E-state index < -0.39 is 8.07 Å². The highest BCUT2D eigenvalue weighted by molar-refractivity contribution is 7.07. The number of fused-ring (bicyclic) bond motifs is 6. The van der Waals surface area contributed by atoms with E-state index in [-0.39, 0.29) is 5.41 Å². The minimum absolute atomic E-state index is 0.138. The molecule has 0 bridgehead atoms. The van der Waals surface area contributed by atoms with Crippen molar-refractivity contribution in [2.75, 3.05) is 4.90 Å². The maximum absolute atomic E-state index is 2.60. The van der Waals surface area contributed by atoms with Crippen LogP contribution in [0, 0.1) is 6.92 Å². The molecule has 10 aromatic carbocycles. The second-order valence-corrected chi connectivity index (χ2v) is 23.0. The van der Waals surface area contributed by atoms with Gasteiger partial charge in [-0.25, -0.2) is 0 Å². The third-order valence-corrected chi connectivity index (χ3v) is 19.5. The monoisotopic (exact) mass is 801 g/mol. The van der Waals surface area contributed by atoms with Crippen molar-refractivity contribution in [3.05, 3.63) is 187 Å². The van der Waals surface area contributed by atoms with Crippen LogP contribution >= 0.6 is 0 Å². The van der Waals surface area contributed by atoms with Crippen LogP contribution in [-0.4, -0.2) is 8.07 Å². The van der Waals surface area contributed by atoms with Crippen LogP contribution in [0.25, 0.3) is 76.5 Å². The summed E-state index contributed by atoms with van der Waals surface area (Å²) in [5.41, 5.74) is 14.4. The van der Waals surface area contributed by atoms with E-state index in [9.17, 15) is 0 Å². The number of rotatable bonds is 7. The number of nitrogens with zero attached hydrogens (tertiary/aromatic N) is 1. The smallest absolute Gasteiger partial charge is 0.120 e. The fraction of sp³-hybridized carbons (Fsp3) is 0.153. The Morgan fingerprint density at radius 3 is 1.82 bits per heavy atom. The predicted molar refractivity (Wildman–Crippen MR) is 268 cm³/mol. The van der Waals surface area contributed by atoms with Crippen LogP contribution in [0.3, 0.4) is 0 Å². The summed E-state index contributed by atoms with van der Waals surface area (Å²) in [5, 5.41) is 14.1. The lowest BCUT2D eigenvalue weighted by Crippen LogP contribution is -2.54. The average Bonchev–Trinajstić information content (AvgIpc) is 3.59. The molecule has 11 rings (SSSR count). The van der Waals surface area contributed by atoms with E-state index in [2.05, 4.69) is 222 Å². The van der Waals surface area contributed by atoms with Gasteiger partial charge in [0, 0.05) is 17.1 Å². The topological polar surface area (TPSA) is 3.24 Å². The molecule has 0 spiro atoms. The molecule has 1 aliphatic rings. The first-order chi connectivity index (χ1) is 29.7. The fourth-order valence-corrected chi connectivity index (χ4v) is 15.8. The Kier molecular flexibility index (Phi) is 8.64. The second-order valence-electron chi connectivity index (χ2n) is 18.4. The first-order valence-electron chi connectivity index (χ1n) is 22.1. The van der Waals surface area contributed by atoms with Gasteiger partial charge in [-0.1, -0.05) is 186 Å². The highest BCUT2D eigenvalue weighted by Gasteiger charge is 2.45. The summed E-state index contributed by atoms with van der Waals surface area (Å²) in [4.78, 5) is 2.50. The predicted octanol–water partition coefficient (Wildman–Crippen LogP) is 15.7. The summed E-state index contributed by atoms with van der Waals surface area (Å²) in [6, 6.07) is 69.3. The Labute approximate surface area is 361 Å². The largest absolute Gasteiger partial charge is 0.310 e. The molecular weight excluding hydrogens is 751 g/mol. The molecule has 0 fully saturated rings. The van der Waals surface area contributed by atoms with Crippen LogP contribution in [0.5, 0.6) is 0 Å². The van der Waals surface area contributed by atoms with Crippen molar-refractivity contribution in [2.24, 2.45) is 0 Å². The molecule has 296 valence electrons. The third kappa shape index (κ3) is 5.72. The first-order valence-corrected chi connectivity index (χ1v) is 24.5. The molecule has 1 heterocycles. The summed E-state index contributed by atoms with van der Waals surface area (Å²) in [6.45, 7) is 14.0. The van der Waals surface area contributed by atoms with Crippen molar-refractivity contribution in [1.29, 1.82) is 0 Å². The van der Waals surface area contributed by atoms with Crippen molar-refractivity contribution in [1.82, 2.24) is 0 Å². The van der Waals surface area contributed by atoms with Crippen LogP contribution in [0.15, 0.2) is 176 Å². The fourth-order valence-electron chi connectivity index (χ4n) is 10.9. The van der Waals surface area contributed by atoms with Gasteiger partial charge >= 0.3 is 0 Å². The standard InChI is InChI=1S/C59H51NSi/c1-7-61(8-2)54-37-47(60(53-22-12-9-15-38(53)3)46-32-29-39-16-10-11-17-43(39)35-46)33-34-49(54)57-50-20-13-18-44-36-52(48-19-14-21-51(58(57)61)56(48)55(44)50)42-25-23-40(24-26-42)41-27-30-45(31-28-41)59(4,5)6/h9-37H,7-8H2,1-6H3. The van der Waals surface area contributed by atoms with Crippen LogP contribution < -0.4 is 15.3 Å². The van der Waals surface area contributed by atoms with Gasteiger partial charge in [0.15, 0.2) is 0 Å². The van der Waals surface area contributed by atoms with Gasteiger partial charge in [0.2, 0.25) is 0 Å². The van der Waals surface area contributed by atoms with Gasteiger partial charge in [-0.05, 0) is 147 Å². The number of hydrogen-bond acceptors (Lipinski definition) is 1. The van der Waals surface area contributed by atoms with E-state index in [0.717, 1.165) is 12.1 Å². The Morgan fingerprint density at radius 1 is 0.475 bits per heavy atom. The second kappa shape index (κ2) is 14.0. The lowest BCUT2D eigenvalue weighted by Gasteiger charge is -2.31. The van der Waals surface area contributed by atoms with E-state index >= 15 is 0 Å². The van der Waals surface area contributed by atoms with Gasteiger partial charge in [0.25, 0.3) is 0 Å². The third-order valence-electron chi connectivity index (χ3n) is 14.1. The lowest BCUT2D eigenvalue weighted by molar-refractivity contribution is 0.590. The van der Waals surface area contributed by atoms with Crippen molar-refractivity contribution < 1.29 is 0 Å². The summed E-state index contributed by atoms with van der Waals surface area (Å²) >= 11 is 0. The number of aryl methyl sites for hydroxylation is 1. The SMILES string of the molecule is CC[Si]1(CC)c2cc(N(c3ccc4ccccc4c3)c3ccccc3C)ccc2-c2c1c1cccc3c(-c4ccc(-c5ccc(C(C)(C)C)cc5)cc4)cc4cccc2c4c31. The Morgan fingerprint density at radius 2 is 1.08 bits per heavy atom. The van der Waals surface area contributed by atoms with E-state index in [4.69, 9.17) is 0 Å². The molecule has 0 aromatic heterocycles. The van der Waals surface area contributed by atoms with E-state index in [0.29, 0.717) is 0 Å². The van der Waals surface area contributed by atoms with Gasteiger partial charge in [-0.15, -0.1) is 0 Å². The van der Waals surface area contributed by atoms with Gasteiger partial charge in [-0.3, -0.25) is 0 Å². The first kappa shape index (κ1) is 37.5. The minimum Gasteiger partial charge on any atom is -0.310 e. The molecule has 0 atom stereocenters. The lowest BCUT2D eigenvalue weighted by atomic mass is 9.85. The zero-order chi connectivity index (χ0) is 41.6. The van der Waals surface area contributed by atoms with Crippen molar-refractivity contribution >= 4 is 78.6 Å². The number of anilines is 3. The van der Waals surface area contributed by atoms with Crippen LogP contribution in [0.4, 0.5) is 17.1 Å². The highest BCUT2D eigenvalue weighted by Crippen LogP contribution is 2.48. The van der Waals surface area contributed by atoms with Crippen LogP contribution in [0.1, 0.15) is 45.7 Å². The zero-order valence-electron chi connectivity index (χ0n) is 36.1. The quantitative estimate of drug-likeness (QED) is 0.115. The highest BCUT2D eigenvalue weighted by atomic mass is 28.3. The minimum atomic E-state index is -2.26. The molecule has 2 heteroatoms. The molecule has 0 amide bonds. The van der Waals surface area contributed by atoms with Crippen molar-refractivity contribution in [3.63, 3.8) is 0 Å². The van der Waals surface area contributed by atoms with Crippen LogP contribution in [0.2, 0.25) is 12.1 Å². The molecular formula is C59H51NSi. The zero-order valence-corrected chi connectivity index (χ0v) is 37.1. The molecule has 1 nitrogen and oxygen atoms in total. The summed E-state index contributed by atoms with van der Waals surface area (Å²) in [5.74, 6) is 0. The van der Waals surface area contributed by atoms with Crippen LogP contribution in [-0.2, 0) is 5.41 Å². The Hall–Kier alpha value is -6.48. The summed E-state index contributed by atoms with van der Waals surface area (Å²) < 4.78 is 0. The van der Waals surface area contributed by atoms with E-state index in [1.165, 1.54) is 105 Å². The molecule has 0 saturated heterocycles. The van der Waals surface area contributed by atoms with E-state index in [1.807, 2.05) is 0 Å². The Balaban J connectivity index is 1.10. The van der Waals surface area contributed by atoms with Gasteiger partial charge in [-0.2, -0.15) is 0 Å². The summed E-state index contributed by atoms with van der Waals surface area (Å²) in [6.07, 6.45) is 0. The van der Waals surface area contributed by atoms with Gasteiger partial charge in [0.1, 0.15) is 8.07 Å². The molecule has 10 aromatic rings. The van der Waals surface area contributed by atoms with Crippen molar-refractivity contribution in [2.45, 2.75) is 59.0 Å². The summed E-state index contributed by atoms with van der Waals surface area (Å²) in [7, 11) is -2.26. The molecule has 61 heavy (non-hydrogen) atoms. The molecule has 0 aliphatic carbocycles. The van der Waals surface area contributed by atoms with Gasteiger partial charge in [0.05, 0.1) is 0 Å². The number of benzene rings is 10. The average molecular weight is 802 g/mol. The number of hydrogen-bond donors (Lipinski definition) is 0.